The van der Waals surface area contributed by atoms with Crippen LogP contribution in [0.4, 0.5) is 28.7 Å². The van der Waals surface area contributed by atoms with Gasteiger partial charge in [-0.1, -0.05) is 6.07 Å². The second-order valence-electron chi connectivity index (χ2n) is 5.95. The molecular formula is C19H19N5O3. The average molecular weight is 365 g/mol. The van der Waals surface area contributed by atoms with Crippen LogP contribution in [0.25, 0.3) is 0 Å². The van der Waals surface area contributed by atoms with Crippen molar-refractivity contribution in [1.29, 1.82) is 0 Å². The molecule has 0 atom stereocenters. The van der Waals surface area contributed by atoms with E-state index in [2.05, 4.69) is 20.6 Å². The molecule has 0 amide bonds. The van der Waals surface area contributed by atoms with E-state index >= 15 is 0 Å². The number of ether oxygens (including phenoxy) is 1. The molecule has 1 aromatic heterocycles. The molecule has 0 saturated carbocycles. The first-order chi connectivity index (χ1) is 13.0. The third kappa shape index (κ3) is 4.12. The number of nitrogens with one attached hydrogen (secondary N) is 2. The second-order valence-corrected chi connectivity index (χ2v) is 5.95. The number of rotatable bonds is 6. The fraction of sp³-hybridized carbons (Fsp3) is 0.158. The summed E-state index contributed by atoms with van der Waals surface area (Å²) < 4.78 is 5.11. The van der Waals surface area contributed by atoms with Crippen molar-refractivity contribution in [1.82, 2.24) is 9.97 Å². The lowest BCUT2D eigenvalue weighted by Gasteiger charge is -2.11. The number of anilines is 4. The molecule has 2 aromatic carbocycles. The van der Waals surface area contributed by atoms with E-state index in [1.165, 1.54) is 6.33 Å². The van der Waals surface area contributed by atoms with Gasteiger partial charge < -0.3 is 15.4 Å². The summed E-state index contributed by atoms with van der Waals surface area (Å²) in [6.07, 6.45) is 1.28. The number of aryl methyl sites for hydroxylation is 2. The topological polar surface area (TPSA) is 102 Å². The van der Waals surface area contributed by atoms with Gasteiger partial charge in [0, 0.05) is 11.4 Å². The Labute approximate surface area is 156 Å². The van der Waals surface area contributed by atoms with Crippen LogP contribution in [0.15, 0.2) is 48.8 Å². The molecular weight excluding hydrogens is 346 g/mol. The van der Waals surface area contributed by atoms with Crippen molar-refractivity contribution < 1.29 is 9.66 Å². The summed E-state index contributed by atoms with van der Waals surface area (Å²) in [7, 11) is 1.57. The molecule has 8 nitrogen and oxygen atoms in total. The number of aromatic nitrogens is 2. The Bertz CT molecular complexity index is 974. The molecule has 27 heavy (non-hydrogen) atoms. The summed E-state index contributed by atoms with van der Waals surface area (Å²) in [5, 5.41) is 17.6. The Morgan fingerprint density at radius 2 is 1.52 bits per heavy atom. The van der Waals surface area contributed by atoms with E-state index in [1.807, 2.05) is 32.0 Å². The van der Waals surface area contributed by atoms with Gasteiger partial charge in [-0.2, -0.15) is 0 Å². The lowest BCUT2D eigenvalue weighted by molar-refractivity contribution is -0.383. The van der Waals surface area contributed by atoms with E-state index in [4.69, 9.17) is 4.74 Å². The Hall–Kier alpha value is -3.68. The normalized spacial score (nSPS) is 10.3. The third-order valence-corrected chi connectivity index (χ3v) is 4.13. The predicted octanol–water partition coefficient (Wildman–Crippen LogP) is 4.50. The maximum absolute atomic E-state index is 11.7. The number of hydrogen-bond donors (Lipinski definition) is 2. The van der Waals surface area contributed by atoms with Gasteiger partial charge in [-0.25, -0.2) is 9.97 Å². The molecule has 0 fully saturated rings. The fourth-order valence-corrected chi connectivity index (χ4v) is 2.50. The minimum Gasteiger partial charge on any atom is -0.497 e. The summed E-state index contributed by atoms with van der Waals surface area (Å²) >= 11 is 0. The summed E-state index contributed by atoms with van der Waals surface area (Å²) in [5.41, 5.74) is 3.35. The highest BCUT2D eigenvalue weighted by Crippen LogP contribution is 2.33. The molecule has 0 aliphatic heterocycles. The Morgan fingerprint density at radius 1 is 0.926 bits per heavy atom. The maximum atomic E-state index is 11.7. The van der Waals surface area contributed by atoms with Crippen molar-refractivity contribution in [2.75, 3.05) is 17.7 Å². The highest BCUT2D eigenvalue weighted by Gasteiger charge is 2.23. The largest absolute Gasteiger partial charge is 0.497 e. The van der Waals surface area contributed by atoms with Gasteiger partial charge in [0.05, 0.1) is 12.0 Å². The van der Waals surface area contributed by atoms with Crippen LogP contribution in [0, 0.1) is 24.0 Å². The molecule has 1 heterocycles. The molecule has 0 aliphatic rings. The average Bonchev–Trinajstić information content (AvgIpc) is 2.65. The van der Waals surface area contributed by atoms with Crippen molar-refractivity contribution in [3.63, 3.8) is 0 Å². The highest BCUT2D eigenvalue weighted by atomic mass is 16.6. The molecule has 0 radical (unpaired) electrons. The maximum Gasteiger partial charge on any atom is 0.353 e. The first-order valence-corrected chi connectivity index (χ1v) is 8.22. The molecule has 0 spiro atoms. The van der Waals surface area contributed by atoms with Crippen LogP contribution >= 0.6 is 0 Å². The fourth-order valence-electron chi connectivity index (χ4n) is 2.50. The van der Waals surface area contributed by atoms with Crippen LogP contribution in [0.5, 0.6) is 5.75 Å². The van der Waals surface area contributed by atoms with E-state index in [9.17, 15) is 10.1 Å². The monoisotopic (exact) mass is 365 g/mol. The third-order valence-electron chi connectivity index (χ3n) is 4.13. The summed E-state index contributed by atoms with van der Waals surface area (Å²) in [6, 6.07) is 12.7. The van der Waals surface area contributed by atoms with Gasteiger partial charge in [0.25, 0.3) is 0 Å². The Kier molecular flexibility index (Phi) is 5.16. The van der Waals surface area contributed by atoms with E-state index in [0.29, 0.717) is 11.4 Å². The predicted molar refractivity (Wildman–Crippen MR) is 104 cm³/mol. The zero-order chi connectivity index (χ0) is 19.4. The molecule has 0 saturated heterocycles. The quantitative estimate of drug-likeness (QED) is 0.490. The van der Waals surface area contributed by atoms with E-state index < -0.39 is 4.92 Å². The molecule has 138 valence electrons. The van der Waals surface area contributed by atoms with Crippen LogP contribution in [0.2, 0.25) is 0 Å². The first-order valence-electron chi connectivity index (χ1n) is 8.22. The van der Waals surface area contributed by atoms with Crippen molar-refractivity contribution in [2.24, 2.45) is 0 Å². The lowest BCUT2D eigenvalue weighted by Crippen LogP contribution is -2.05. The smallest absolute Gasteiger partial charge is 0.353 e. The van der Waals surface area contributed by atoms with E-state index in [1.54, 1.807) is 31.4 Å². The SMILES string of the molecule is COc1ccc(Nc2ncnc(Nc3ccc(C)c(C)c3)c2[N+](=O)[O-])cc1. The minimum absolute atomic E-state index is 0.103. The molecule has 3 rings (SSSR count). The van der Waals surface area contributed by atoms with Crippen molar-refractivity contribution in [3.8, 4) is 5.75 Å². The molecule has 0 aliphatic carbocycles. The van der Waals surface area contributed by atoms with Crippen LogP contribution < -0.4 is 15.4 Å². The zero-order valence-corrected chi connectivity index (χ0v) is 15.2. The van der Waals surface area contributed by atoms with Crippen molar-refractivity contribution in [2.45, 2.75) is 13.8 Å². The van der Waals surface area contributed by atoms with Gasteiger partial charge in [0.1, 0.15) is 12.1 Å². The lowest BCUT2D eigenvalue weighted by atomic mass is 10.1. The van der Waals surface area contributed by atoms with Crippen LogP contribution in [0.3, 0.4) is 0 Å². The van der Waals surface area contributed by atoms with Gasteiger partial charge in [-0.05, 0) is 61.4 Å². The van der Waals surface area contributed by atoms with E-state index in [0.717, 1.165) is 16.8 Å². The van der Waals surface area contributed by atoms with Crippen LogP contribution in [0.1, 0.15) is 11.1 Å². The number of methoxy groups -OCH3 is 1. The first kappa shape index (κ1) is 18.1. The molecule has 2 N–H and O–H groups in total. The van der Waals surface area contributed by atoms with Gasteiger partial charge in [0.15, 0.2) is 0 Å². The van der Waals surface area contributed by atoms with Gasteiger partial charge in [0.2, 0.25) is 11.6 Å². The van der Waals surface area contributed by atoms with Crippen LogP contribution in [-0.2, 0) is 0 Å². The van der Waals surface area contributed by atoms with Crippen LogP contribution in [-0.4, -0.2) is 22.0 Å². The van der Waals surface area contributed by atoms with Gasteiger partial charge in [-0.15, -0.1) is 0 Å². The minimum atomic E-state index is -0.505. The number of benzene rings is 2. The second kappa shape index (κ2) is 7.69. The Morgan fingerprint density at radius 3 is 2.07 bits per heavy atom. The molecule has 3 aromatic rings. The van der Waals surface area contributed by atoms with Gasteiger partial charge >= 0.3 is 5.69 Å². The molecule has 0 bridgehead atoms. The van der Waals surface area contributed by atoms with Gasteiger partial charge in [-0.3, -0.25) is 10.1 Å². The summed E-state index contributed by atoms with van der Waals surface area (Å²) in [6.45, 7) is 3.98. The van der Waals surface area contributed by atoms with E-state index in [-0.39, 0.29) is 17.3 Å². The summed E-state index contributed by atoms with van der Waals surface area (Å²) in [5.74, 6) is 0.913. The number of nitrogens with zero attached hydrogens (tertiary/aromatic N) is 3. The molecule has 0 unspecified atom stereocenters. The highest BCUT2D eigenvalue weighted by molar-refractivity contribution is 5.77. The standard InChI is InChI=1S/C19H19N5O3/c1-12-4-5-15(10-13(12)2)23-19-17(24(25)26)18(20-11-21-19)22-14-6-8-16(27-3)9-7-14/h4-11H,1-3H3,(H2,20,21,22,23). The number of nitro groups is 1. The van der Waals surface area contributed by atoms with Crippen molar-refractivity contribution in [3.05, 3.63) is 70.0 Å². The Balaban J connectivity index is 1.94. The molecule has 8 heteroatoms. The summed E-state index contributed by atoms with van der Waals surface area (Å²) in [4.78, 5) is 19.3. The number of hydrogen-bond acceptors (Lipinski definition) is 7. The van der Waals surface area contributed by atoms with Crippen molar-refractivity contribution >= 4 is 28.7 Å². The zero-order valence-electron chi connectivity index (χ0n) is 15.2.